The Labute approximate surface area is 175 Å². The lowest BCUT2D eigenvalue weighted by atomic mass is 9.48. The number of nitrogens with one attached hydrogen (secondary N) is 1. The number of hydrogen-bond acceptors (Lipinski definition) is 1. The molecule has 0 saturated heterocycles. The van der Waals surface area contributed by atoms with E-state index in [4.69, 9.17) is 0 Å². The molecule has 152 valence electrons. The zero-order valence-corrected chi connectivity index (χ0v) is 17.5. The average Bonchev–Trinajstić information content (AvgIpc) is 2.72. The molecule has 4 aliphatic rings. The van der Waals surface area contributed by atoms with E-state index in [1.54, 1.807) is 0 Å². The molecule has 2 aromatic rings. The summed E-state index contributed by atoms with van der Waals surface area (Å²) >= 11 is 0. The van der Waals surface area contributed by atoms with Gasteiger partial charge in [0, 0.05) is 18.4 Å². The van der Waals surface area contributed by atoms with Crippen molar-refractivity contribution in [3.05, 3.63) is 71.8 Å². The van der Waals surface area contributed by atoms with Crippen LogP contribution in [0.2, 0.25) is 0 Å². The summed E-state index contributed by atoms with van der Waals surface area (Å²) in [5.74, 6) is 3.07. The van der Waals surface area contributed by atoms with Crippen LogP contribution < -0.4 is 5.32 Å². The van der Waals surface area contributed by atoms with Crippen LogP contribution in [0.1, 0.15) is 68.9 Å². The fraction of sp³-hybridized carbons (Fsp3) is 0.519. The minimum atomic E-state index is 0.112. The molecule has 29 heavy (non-hydrogen) atoms. The van der Waals surface area contributed by atoms with Gasteiger partial charge in [0.2, 0.25) is 5.91 Å². The first-order chi connectivity index (χ1) is 14.1. The quantitative estimate of drug-likeness (QED) is 0.654. The summed E-state index contributed by atoms with van der Waals surface area (Å²) in [5.41, 5.74) is 2.80. The van der Waals surface area contributed by atoms with Crippen LogP contribution in [-0.2, 0) is 4.79 Å². The zero-order chi connectivity index (χ0) is 19.8. The molecule has 1 unspecified atom stereocenters. The maximum Gasteiger partial charge on any atom is 0.221 e. The molecule has 2 heteroatoms. The number of amides is 1. The second kappa shape index (κ2) is 7.63. The highest BCUT2D eigenvalue weighted by molar-refractivity contribution is 5.78. The molecule has 0 radical (unpaired) electrons. The molecule has 1 atom stereocenters. The molecule has 1 N–H and O–H groups in total. The van der Waals surface area contributed by atoms with E-state index in [1.165, 1.54) is 49.7 Å². The van der Waals surface area contributed by atoms with Gasteiger partial charge < -0.3 is 5.32 Å². The lowest BCUT2D eigenvalue weighted by molar-refractivity contribution is -0.126. The largest absolute Gasteiger partial charge is 0.353 e. The second-order valence-corrected chi connectivity index (χ2v) is 10.1. The third-order valence-corrected chi connectivity index (χ3v) is 8.18. The first-order valence-electron chi connectivity index (χ1n) is 11.5. The molecule has 4 aliphatic carbocycles. The van der Waals surface area contributed by atoms with Crippen LogP contribution in [0, 0.1) is 23.2 Å². The third-order valence-electron chi connectivity index (χ3n) is 8.18. The SMILES string of the molecule is CC(NC(=O)CC(c1ccccc1)c1ccccc1)C12CC3CC(CC(C3)C1)C2. The van der Waals surface area contributed by atoms with Crippen molar-refractivity contribution in [2.24, 2.45) is 23.2 Å². The standard InChI is InChI=1S/C27H33NO/c1-19(27-16-20-12-21(17-27)14-22(13-20)18-27)28-26(29)15-25(23-8-4-2-5-9-23)24-10-6-3-7-11-24/h2-11,19-22,25H,12-18H2,1H3,(H,28,29). The summed E-state index contributed by atoms with van der Waals surface area (Å²) in [6.07, 6.45) is 8.87. The minimum Gasteiger partial charge on any atom is -0.353 e. The van der Waals surface area contributed by atoms with E-state index in [0.29, 0.717) is 11.8 Å². The average molecular weight is 388 g/mol. The van der Waals surface area contributed by atoms with Crippen LogP contribution in [0.15, 0.2) is 60.7 Å². The van der Waals surface area contributed by atoms with Crippen molar-refractivity contribution in [1.82, 2.24) is 5.32 Å². The van der Waals surface area contributed by atoms with Gasteiger partial charge in [0.25, 0.3) is 0 Å². The Hall–Kier alpha value is -2.09. The van der Waals surface area contributed by atoms with Crippen LogP contribution in [0.3, 0.4) is 0 Å². The fourth-order valence-corrected chi connectivity index (χ4v) is 7.15. The first-order valence-corrected chi connectivity index (χ1v) is 11.5. The summed E-state index contributed by atoms with van der Waals surface area (Å²) < 4.78 is 0. The summed E-state index contributed by atoms with van der Waals surface area (Å²) in [7, 11) is 0. The first kappa shape index (κ1) is 18.9. The topological polar surface area (TPSA) is 29.1 Å². The Morgan fingerprint density at radius 1 is 0.862 bits per heavy atom. The van der Waals surface area contributed by atoms with Crippen molar-refractivity contribution >= 4 is 5.91 Å². The van der Waals surface area contributed by atoms with Crippen LogP contribution in [-0.4, -0.2) is 11.9 Å². The Morgan fingerprint density at radius 3 is 1.76 bits per heavy atom. The predicted molar refractivity (Wildman–Crippen MR) is 118 cm³/mol. The number of benzene rings is 2. The van der Waals surface area contributed by atoms with Crippen molar-refractivity contribution < 1.29 is 4.79 Å². The number of carbonyl (C=O) groups excluding carboxylic acids is 1. The minimum absolute atomic E-state index is 0.112. The highest BCUT2D eigenvalue weighted by atomic mass is 16.1. The lowest BCUT2D eigenvalue weighted by Gasteiger charge is -2.59. The number of hydrogen-bond donors (Lipinski definition) is 1. The Kier molecular flexibility index (Phi) is 4.97. The van der Waals surface area contributed by atoms with Crippen molar-refractivity contribution in [2.45, 2.75) is 63.8 Å². The van der Waals surface area contributed by atoms with Gasteiger partial charge in [-0.25, -0.2) is 0 Å². The molecule has 2 nitrogen and oxygen atoms in total. The van der Waals surface area contributed by atoms with Crippen molar-refractivity contribution in [2.75, 3.05) is 0 Å². The molecule has 0 aromatic heterocycles. The van der Waals surface area contributed by atoms with E-state index in [0.717, 1.165) is 17.8 Å². The highest BCUT2D eigenvalue weighted by Crippen LogP contribution is 2.61. The van der Waals surface area contributed by atoms with Crippen molar-refractivity contribution in [1.29, 1.82) is 0 Å². The highest BCUT2D eigenvalue weighted by Gasteiger charge is 2.53. The lowest BCUT2D eigenvalue weighted by Crippen LogP contribution is -2.55. The van der Waals surface area contributed by atoms with E-state index in [2.05, 4.69) is 60.8 Å². The molecular formula is C27H33NO. The normalized spacial score (nSPS) is 31.0. The molecule has 4 fully saturated rings. The fourth-order valence-electron chi connectivity index (χ4n) is 7.15. The van der Waals surface area contributed by atoms with Crippen LogP contribution in [0.25, 0.3) is 0 Å². The zero-order valence-electron chi connectivity index (χ0n) is 17.5. The predicted octanol–water partition coefficient (Wildman–Crippen LogP) is 5.93. The molecule has 4 bridgehead atoms. The van der Waals surface area contributed by atoms with Crippen LogP contribution >= 0.6 is 0 Å². The maximum absolute atomic E-state index is 13.2. The van der Waals surface area contributed by atoms with E-state index in [9.17, 15) is 4.79 Å². The monoisotopic (exact) mass is 387 g/mol. The molecule has 4 saturated carbocycles. The molecule has 0 heterocycles. The Bertz CT molecular complexity index is 769. The summed E-state index contributed by atoms with van der Waals surface area (Å²) in [4.78, 5) is 13.2. The Balaban J connectivity index is 1.31. The molecule has 2 aromatic carbocycles. The van der Waals surface area contributed by atoms with Gasteiger partial charge in [-0.05, 0) is 79.7 Å². The van der Waals surface area contributed by atoms with E-state index in [-0.39, 0.29) is 17.9 Å². The molecule has 0 spiro atoms. The van der Waals surface area contributed by atoms with Gasteiger partial charge in [-0.3, -0.25) is 4.79 Å². The smallest absolute Gasteiger partial charge is 0.221 e. The van der Waals surface area contributed by atoms with E-state index < -0.39 is 0 Å². The molecule has 6 rings (SSSR count). The summed E-state index contributed by atoms with van der Waals surface area (Å²) in [6, 6.07) is 21.2. The van der Waals surface area contributed by atoms with Crippen LogP contribution in [0.5, 0.6) is 0 Å². The van der Waals surface area contributed by atoms with Gasteiger partial charge >= 0.3 is 0 Å². The number of rotatable bonds is 6. The van der Waals surface area contributed by atoms with Crippen molar-refractivity contribution in [3.63, 3.8) is 0 Å². The molecule has 1 amide bonds. The van der Waals surface area contributed by atoms with Crippen LogP contribution in [0.4, 0.5) is 0 Å². The summed E-state index contributed by atoms with van der Waals surface area (Å²) in [6.45, 7) is 2.28. The number of carbonyl (C=O) groups is 1. The Morgan fingerprint density at radius 2 is 1.31 bits per heavy atom. The molecular weight excluding hydrogens is 354 g/mol. The van der Waals surface area contributed by atoms with Gasteiger partial charge in [-0.1, -0.05) is 60.7 Å². The van der Waals surface area contributed by atoms with Gasteiger partial charge in [-0.2, -0.15) is 0 Å². The van der Waals surface area contributed by atoms with E-state index in [1.807, 2.05) is 12.1 Å². The van der Waals surface area contributed by atoms with Gasteiger partial charge in [0.05, 0.1) is 0 Å². The van der Waals surface area contributed by atoms with Crippen molar-refractivity contribution in [3.8, 4) is 0 Å². The summed E-state index contributed by atoms with van der Waals surface area (Å²) in [5, 5.41) is 3.47. The molecule has 0 aliphatic heterocycles. The van der Waals surface area contributed by atoms with Gasteiger partial charge in [0.1, 0.15) is 0 Å². The van der Waals surface area contributed by atoms with Gasteiger partial charge in [0.15, 0.2) is 0 Å². The van der Waals surface area contributed by atoms with E-state index >= 15 is 0 Å². The third kappa shape index (κ3) is 3.74. The second-order valence-electron chi connectivity index (χ2n) is 10.1. The maximum atomic E-state index is 13.2. The van der Waals surface area contributed by atoms with Gasteiger partial charge in [-0.15, -0.1) is 0 Å².